The molecule has 0 unspecified atom stereocenters. The first-order valence-electron chi connectivity index (χ1n) is 15.9. The smallest absolute Gasteiger partial charge is 0.105 e. The highest BCUT2D eigenvalue weighted by Crippen LogP contribution is 2.26. The standard InChI is InChI=1S/C38H54N/c1-2-3-4-5-6-7-8-9-10-11-12-13-14-15-25-32-39(33-36-26-19-16-20-27-36,34-37-28-21-17-22-29-37)35-38-30-23-18-24-31-38/h7-8,16-24,26-31H,2-6,9-15,25,32-35H2,1H3/q+1/b8-7+. The van der Waals surface area contributed by atoms with Crippen molar-refractivity contribution < 1.29 is 4.48 Å². The van der Waals surface area contributed by atoms with Crippen LogP contribution in [0.4, 0.5) is 0 Å². The van der Waals surface area contributed by atoms with Crippen LogP contribution in [0.1, 0.15) is 107 Å². The van der Waals surface area contributed by atoms with E-state index in [1.54, 1.807) is 0 Å². The lowest BCUT2D eigenvalue weighted by atomic mass is 10.0. The predicted octanol–water partition coefficient (Wildman–Crippen LogP) is 11.1. The first kappa shape index (κ1) is 30.9. The van der Waals surface area contributed by atoms with Crippen molar-refractivity contribution in [3.05, 3.63) is 120 Å². The van der Waals surface area contributed by atoms with E-state index in [4.69, 9.17) is 0 Å². The molecule has 0 bridgehead atoms. The number of rotatable bonds is 21. The molecule has 0 aliphatic rings. The summed E-state index contributed by atoms with van der Waals surface area (Å²) >= 11 is 0. The van der Waals surface area contributed by atoms with E-state index in [2.05, 4.69) is 110 Å². The number of quaternary nitrogens is 1. The Morgan fingerprint density at radius 3 is 1.21 bits per heavy atom. The van der Waals surface area contributed by atoms with E-state index in [1.165, 1.54) is 107 Å². The Balaban J connectivity index is 1.47. The molecule has 0 aliphatic carbocycles. The summed E-state index contributed by atoms with van der Waals surface area (Å²) in [6.45, 7) is 6.75. The van der Waals surface area contributed by atoms with Gasteiger partial charge in [-0.05, 0) is 38.5 Å². The molecule has 1 nitrogen and oxygen atoms in total. The van der Waals surface area contributed by atoms with Crippen LogP contribution >= 0.6 is 0 Å². The summed E-state index contributed by atoms with van der Waals surface area (Å²) in [7, 11) is 0. The Bertz CT molecular complexity index is 891. The summed E-state index contributed by atoms with van der Waals surface area (Å²) in [6, 6.07) is 33.4. The Hall–Kier alpha value is -2.64. The molecule has 0 atom stereocenters. The zero-order valence-electron chi connectivity index (χ0n) is 24.8. The van der Waals surface area contributed by atoms with Crippen LogP contribution in [0.3, 0.4) is 0 Å². The zero-order valence-corrected chi connectivity index (χ0v) is 24.8. The maximum absolute atomic E-state index is 2.43. The van der Waals surface area contributed by atoms with Gasteiger partial charge in [-0.25, -0.2) is 0 Å². The molecule has 0 heterocycles. The van der Waals surface area contributed by atoms with Gasteiger partial charge in [-0.15, -0.1) is 0 Å². The van der Waals surface area contributed by atoms with Crippen molar-refractivity contribution in [2.75, 3.05) is 6.54 Å². The van der Waals surface area contributed by atoms with E-state index in [-0.39, 0.29) is 0 Å². The first-order chi connectivity index (χ1) is 19.3. The van der Waals surface area contributed by atoms with Gasteiger partial charge in [0.05, 0.1) is 6.54 Å². The molecule has 0 amide bonds. The fourth-order valence-electron chi connectivity index (χ4n) is 5.83. The Morgan fingerprint density at radius 1 is 0.436 bits per heavy atom. The summed E-state index contributed by atoms with van der Waals surface area (Å²) in [5.41, 5.74) is 4.33. The van der Waals surface area contributed by atoms with Gasteiger partial charge in [-0.2, -0.15) is 0 Å². The molecular formula is C38H54N+. The molecule has 3 rings (SSSR count). The average molecular weight is 525 g/mol. The maximum Gasteiger partial charge on any atom is 0.105 e. The van der Waals surface area contributed by atoms with Gasteiger partial charge in [0.1, 0.15) is 19.6 Å². The topological polar surface area (TPSA) is 0 Å². The third-order valence-electron chi connectivity index (χ3n) is 7.98. The molecule has 39 heavy (non-hydrogen) atoms. The van der Waals surface area contributed by atoms with Gasteiger partial charge in [0.15, 0.2) is 0 Å². The highest BCUT2D eigenvalue weighted by molar-refractivity contribution is 5.17. The van der Waals surface area contributed by atoms with Crippen LogP contribution in [0.2, 0.25) is 0 Å². The number of unbranched alkanes of at least 4 members (excludes halogenated alkanes) is 11. The van der Waals surface area contributed by atoms with Crippen LogP contribution in [0.5, 0.6) is 0 Å². The number of nitrogens with zero attached hydrogens (tertiary/aromatic N) is 1. The minimum absolute atomic E-state index is 1.08. The molecule has 0 saturated carbocycles. The Morgan fingerprint density at radius 2 is 0.795 bits per heavy atom. The predicted molar refractivity (Wildman–Crippen MR) is 170 cm³/mol. The van der Waals surface area contributed by atoms with Crippen LogP contribution in [0.25, 0.3) is 0 Å². The van der Waals surface area contributed by atoms with Crippen LogP contribution in [-0.2, 0) is 19.6 Å². The van der Waals surface area contributed by atoms with Crippen LogP contribution in [0.15, 0.2) is 103 Å². The van der Waals surface area contributed by atoms with Crippen molar-refractivity contribution in [2.24, 2.45) is 0 Å². The van der Waals surface area contributed by atoms with Crippen LogP contribution < -0.4 is 0 Å². The first-order valence-corrected chi connectivity index (χ1v) is 15.9. The van der Waals surface area contributed by atoms with E-state index in [0.29, 0.717) is 0 Å². The second kappa shape index (κ2) is 19.4. The molecule has 0 aromatic heterocycles. The van der Waals surface area contributed by atoms with Crippen molar-refractivity contribution >= 4 is 0 Å². The van der Waals surface area contributed by atoms with Crippen molar-refractivity contribution in [1.82, 2.24) is 0 Å². The lowest BCUT2D eigenvalue weighted by Crippen LogP contribution is -2.46. The van der Waals surface area contributed by atoms with Crippen LogP contribution in [0, 0.1) is 0 Å². The van der Waals surface area contributed by atoms with Crippen molar-refractivity contribution in [3.8, 4) is 0 Å². The zero-order chi connectivity index (χ0) is 27.3. The lowest BCUT2D eigenvalue weighted by molar-refractivity contribution is -0.966. The van der Waals surface area contributed by atoms with E-state index < -0.39 is 0 Å². The van der Waals surface area contributed by atoms with E-state index in [1.807, 2.05) is 0 Å². The van der Waals surface area contributed by atoms with Gasteiger partial charge in [-0.1, -0.05) is 155 Å². The van der Waals surface area contributed by atoms with Gasteiger partial charge >= 0.3 is 0 Å². The Labute approximate surface area is 240 Å². The molecule has 3 aromatic carbocycles. The normalized spacial score (nSPS) is 11.8. The summed E-state index contributed by atoms with van der Waals surface area (Å²) in [5.74, 6) is 0. The van der Waals surface area contributed by atoms with Gasteiger partial charge in [0.25, 0.3) is 0 Å². The molecule has 0 N–H and O–H groups in total. The SMILES string of the molecule is CCCCCC/C=C/CCCCCCCCC[N+](Cc1ccccc1)(Cc1ccccc1)Cc1ccccc1. The number of allylic oxidation sites excluding steroid dienone is 2. The largest absolute Gasteiger partial charge is 0.312 e. The molecule has 0 saturated heterocycles. The summed E-state index contributed by atoms with van der Waals surface area (Å²) < 4.78 is 1.09. The second-order valence-corrected chi connectivity index (χ2v) is 11.6. The molecular weight excluding hydrogens is 470 g/mol. The Kier molecular flexibility index (Phi) is 15.4. The summed E-state index contributed by atoms with van der Waals surface area (Å²) in [4.78, 5) is 0. The molecule has 210 valence electrons. The quantitative estimate of drug-likeness (QED) is 0.0738. The van der Waals surface area contributed by atoms with E-state index in [0.717, 1.165) is 24.1 Å². The van der Waals surface area contributed by atoms with Crippen molar-refractivity contribution in [2.45, 2.75) is 110 Å². The van der Waals surface area contributed by atoms with E-state index >= 15 is 0 Å². The maximum atomic E-state index is 2.43. The van der Waals surface area contributed by atoms with Gasteiger partial charge < -0.3 is 4.48 Å². The molecule has 3 aromatic rings. The fraction of sp³-hybridized carbons (Fsp3) is 0.474. The molecule has 0 spiro atoms. The summed E-state index contributed by atoms with van der Waals surface area (Å²) in [6.07, 6.45) is 22.4. The number of benzene rings is 3. The minimum Gasteiger partial charge on any atom is -0.312 e. The van der Waals surface area contributed by atoms with E-state index in [9.17, 15) is 0 Å². The molecule has 0 radical (unpaired) electrons. The van der Waals surface area contributed by atoms with Crippen molar-refractivity contribution in [1.29, 1.82) is 0 Å². The molecule has 0 fully saturated rings. The van der Waals surface area contributed by atoms with Gasteiger partial charge in [0.2, 0.25) is 0 Å². The van der Waals surface area contributed by atoms with Gasteiger partial charge in [-0.3, -0.25) is 0 Å². The van der Waals surface area contributed by atoms with Gasteiger partial charge in [0, 0.05) is 16.7 Å². The lowest BCUT2D eigenvalue weighted by Gasteiger charge is -2.39. The van der Waals surface area contributed by atoms with Crippen LogP contribution in [-0.4, -0.2) is 11.0 Å². The summed E-state index contributed by atoms with van der Waals surface area (Å²) in [5, 5.41) is 0. The molecule has 1 heteroatoms. The fourth-order valence-corrected chi connectivity index (χ4v) is 5.83. The number of hydrogen-bond acceptors (Lipinski definition) is 0. The highest BCUT2D eigenvalue weighted by Gasteiger charge is 2.28. The number of hydrogen-bond donors (Lipinski definition) is 0. The minimum atomic E-state index is 1.08. The average Bonchev–Trinajstić information content (AvgIpc) is 2.97. The third kappa shape index (κ3) is 13.3. The third-order valence-corrected chi connectivity index (χ3v) is 7.98. The molecule has 0 aliphatic heterocycles. The monoisotopic (exact) mass is 524 g/mol. The second-order valence-electron chi connectivity index (χ2n) is 11.6. The van der Waals surface area contributed by atoms with Crippen molar-refractivity contribution in [3.63, 3.8) is 0 Å². The highest BCUT2D eigenvalue weighted by atomic mass is 15.3.